The van der Waals surface area contributed by atoms with Gasteiger partial charge >= 0.3 is 0 Å². The van der Waals surface area contributed by atoms with Gasteiger partial charge in [0.2, 0.25) is 0 Å². The highest BCUT2D eigenvalue weighted by Gasteiger charge is 2.20. The first-order valence-corrected chi connectivity index (χ1v) is 7.53. The average molecular weight is 287 g/mol. The molecule has 2 rings (SSSR count). The van der Waals surface area contributed by atoms with Crippen molar-refractivity contribution in [2.45, 2.75) is 17.6 Å². The van der Waals surface area contributed by atoms with Crippen molar-refractivity contribution in [1.82, 2.24) is 4.98 Å². The Bertz CT molecular complexity index is 792. The molecule has 5 nitrogen and oxygen atoms in total. The molecule has 102 valence electrons. The van der Waals surface area contributed by atoms with Crippen LogP contribution in [0.4, 0.5) is 5.69 Å². The minimum atomic E-state index is -3.57. The smallest absolute Gasteiger partial charge is 0.182 e. The Hall–Kier alpha value is -2.39. The highest BCUT2D eigenvalue weighted by molar-refractivity contribution is 7.90. The van der Waals surface area contributed by atoms with E-state index in [2.05, 4.69) is 4.98 Å². The van der Waals surface area contributed by atoms with Crippen LogP contribution in [0.25, 0.3) is 0 Å². The Balaban J connectivity index is 2.47. The summed E-state index contributed by atoms with van der Waals surface area (Å²) < 4.78 is 24.9. The van der Waals surface area contributed by atoms with Crippen LogP contribution in [0.2, 0.25) is 0 Å². The summed E-state index contributed by atoms with van der Waals surface area (Å²) in [5.74, 6) is -0.270. The van der Waals surface area contributed by atoms with Gasteiger partial charge in [-0.2, -0.15) is 5.26 Å². The standard InChI is InChI=1S/C14H13N3O2S/c1-10-12(16)5-2-6-14(10)20(18,19)9-11-4-3-7-17-13(11)8-15/h2-7H,9,16H2,1H3. The predicted octanol–water partition coefficient (Wildman–Crippen LogP) is 1.82. The van der Waals surface area contributed by atoms with E-state index >= 15 is 0 Å². The zero-order valence-corrected chi connectivity index (χ0v) is 11.7. The summed E-state index contributed by atoms with van der Waals surface area (Å²) in [6.45, 7) is 1.66. The molecular formula is C14H13N3O2S. The lowest BCUT2D eigenvalue weighted by atomic mass is 10.2. The molecule has 0 unspecified atom stereocenters. The van der Waals surface area contributed by atoms with Gasteiger partial charge in [-0.3, -0.25) is 0 Å². The van der Waals surface area contributed by atoms with Crippen molar-refractivity contribution in [2.75, 3.05) is 5.73 Å². The van der Waals surface area contributed by atoms with Crippen molar-refractivity contribution < 1.29 is 8.42 Å². The number of rotatable bonds is 3. The molecule has 0 radical (unpaired) electrons. The summed E-state index contributed by atoms with van der Waals surface area (Å²) in [5, 5.41) is 8.96. The summed E-state index contributed by atoms with van der Waals surface area (Å²) in [6.07, 6.45) is 1.46. The van der Waals surface area contributed by atoms with Crippen LogP contribution in [0.15, 0.2) is 41.4 Å². The number of aromatic nitrogens is 1. The fourth-order valence-electron chi connectivity index (χ4n) is 1.91. The van der Waals surface area contributed by atoms with E-state index in [1.165, 1.54) is 12.3 Å². The maximum absolute atomic E-state index is 12.5. The van der Waals surface area contributed by atoms with Gasteiger partial charge in [0.25, 0.3) is 0 Å². The minimum Gasteiger partial charge on any atom is -0.398 e. The van der Waals surface area contributed by atoms with E-state index in [-0.39, 0.29) is 16.3 Å². The summed E-state index contributed by atoms with van der Waals surface area (Å²) >= 11 is 0. The molecule has 6 heteroatoms. The molecule has 0 aliphatic carbocycles. The molecular weight excluding hydrogens is 274 g/mol. The van der Waals surface area contributed by atoms with Crippen molar-refractivity contribution >= 4 is 15.5 Å². The number of pyridine rings is 1. The van der Waals surface area contributed by atoms with Gasteiger partial charge in [-0.05, 0) is 30.7 Å². The summed E-state index contributed by atoms with van der Waals surface area (Å²) in [7, 11) is -3.57. The van der Waals surface area contributed by atoms with Gasteiger partial charge in [-0.1, -0.05) is 12.1 Å². The van der Waals surface area contributed by atoms with E-state index in [9.17, 15) is 8.42 Å². The highest BCUT2D eigenvalue weighted by atomic mass is 32.2. The zero-order chi connectivity index (χ0) is 14.8. The molecule has 0 amide bonds. The van der Waals surface area contributed by atoms with Crippen molar-refractivity contribution in [3.05, 3.63) is 53.3 Å². The van der Waals surface area contributed by atoms with Crippen molar-refractivity contribution in [1.29, 1.82) is 5.26 Å². The Morgan fingerprint density at radius 2 is 2.05 bits per heavy atom. The van der Waals surface area contributed by atoms with Crippen LogP contribution in [0.1, 0.15) is 16.8 Å². The van der Waals surface area contributed by atoms with Crippen LogP contribution in [-0.4, -0.2) is 13.4 Å². The first kappa shape index (κ1) is 14.0. The fraction of sp³-hybridized carbons (Fsp3) is 0.143. The topological polar surface area (TPSA) is 96.8 Å². The zero-order valence-electron chi connectivity index (χ0n) is 10.9. The Labute approximate surface area is 117 Å². The van der Waals surface area contributed by atoms with Gasteiger partial charge in [0.1, 0.15) is 11.8 Å². The molecule has 2 aromatic rings. The van der Waals surface area contributed by atoms with Gasteiger partial charge in [0.05, 0.1) is 10.6 Å². The number of anilines is 1. The average Bonchev–Trinajstić information content (AvgIpc) is 2.42. The first-order valence-electron chi connectivity index (χ1n) is 5.87. The third kappa shape index (κ3) is 2.63. The maximum Gasteiger partial charge on any atom is 0.182 e. The van der Waals surface area contributed by atoms with Gasteiger partial charge in [-0.15, -0.1) is 0 Å². The third-order valence-corrected chi connectivity index (χ3v) is 4.81. The molecule has 0 bridgehead atoms. The van der Waals surface area contributed by atoms with Crippen molar-refractivity contribution in [3.63, 3.8) is 0 Å². The van der Waals surface area contributed by atoms with E-state index in [4.69, 9.17) is 11.0 Å². The molecule has 0 atom stereocenters. The van der Waals surface area contributed by atoms with E-state index < -0.39 is 9.84 Å². The van der Waals surface area contributed by atoms with Crippen molar-refractivity contribution in [2.24, 2.45) is 0 Å². The van der Waals surface area contributed by atoms with Crippen LogP contribution < -0.4 is 5.73 Å². The van der Waals surface area contributed by atoms with Crippen LogP contribution >= 0.6 is 0 Å². The largest absolute Gasteiger partial charge is 0.398 e. The van der Waals surface area contributed by atoms with Gasteiger partial charge < -0.3 is 5.73 Å². The van der Waals surface area contributed by atoms with Gasteiger partial charge in [0.15, 0.2) is 9.84 Å². The molecule has 0 spiro atoms. The number of nitriles is 1. The number of nitrogens with two attached hydrogens (primary N) is 1. The molecule has 1 aromatic carbocycles. The lowest BCUT2D eigenvalue weighted by molar-refractivity contribution is 0.594. The maximum atomic E-state index is 12.5. The molecule has 0 aliphatic heterocycles. The number of hydrogen-bond donors (Lipinski definition) is 1. The lowest BCUT2D eigenvalue weighted by Gasteiger charge is -2.10. The highest BCUT2D eigenvalue weighted by Crippen LogP contribution is 2.24. The normalized spacial score (nSPS) is 11.0. The Morgan fingerprint density at radius 1 is 1.30 bits per heavy atom. The Kier molecular flexibility index (Phi) is 3.72. The second kappa shape index (κ2) is 5.31. The number of hydrogen-bond acceptors (Lipinski definition) is 5. The van der Waals surface area contributed by atoms with E-state index in [1.807, 2.05) is 6.07 Å². The number of nitrogens with zero attached hydrogens (tertiary/aromatic N) is 2. The van der Waals surface area contributed by atoms with Gasteiger partial charge in [0, 0.05) is 17.4 Å². The summed E-state index contributed by atoms with van der Waals surface area (Å²) in [4.78, 5) is 4.05. The van der Waals surface area contributed by atoms with Gasteiger partial charge in [-0.25, -0.2) is 13.4 Å². The van der Waals surface area contributed by atoms with E-state index in [0.29, 0.717) is 16.8 Å². The number of nitrogen functional groups attached to an aromatic ring is 1. The van der Waals surface area contributed by atoms with Crippen LogP contribution in [0.3, 0.4) is 0 Å². The lowest BCUT2D eigenvalue weighted by Crippen LogP contribution is -2.09. The van der Waals surface area contributed by atoms with Crippen LogP contribution in [-0.2, 0) is 15.6 Å². The minimum absolute atomic E-state index is 0.123. The van der Waals surface area contributed by atoms with E-state index in [1.54, 1.807) is 31.2 Å². The predicted molar refractivity (Wildman–Crippen MR) is 75.4 cm³/mol. The summed E-state index contributed by atoms with van der Waals surface area (Å²) in [6, 6.07) is 9.86. The van der Waals surface area contributed by atoms with Crippen LogP contribution in [0, 0.1) is 18.3 Å². The number of sulfone groups is 1. The second-order valence-corrected chi connectivity index (χ2v) is 6.31. The second-order valence-electron chi connectivity index (χ2n) is 4.35. The number of benzene rings is 1. The van der Waals surface area contributed by atoms with Crippen molar-refractivity contribution in [3.8, 4) is 6.07 Å². The molecule has 20 heavy (non-hydrogen) atoms. The van der Waals surface area contributed by atoms with Crippen LogP contribution in [0.5, 0.6) is 0 Å². The molecule has 1 aromatic heterocycles. The molecule has 2 N–H and O–H groups in total. The molecule has 0 aliphatic rings. The molecule has 1 heterocycles. The molecule has 0 fully saturated rings. The summed E-state index contributed by atoms with van der Waals surface area (Å²) in [5.41, 5.74) is 7.20. The van der Waals surface area contributed by atoms with E-state index in [0.717, 1.165) is 0 Å². The fourth-order valence-corrected chi connectivity index (χ4v) is 3.57. The molecule has 0 saturated carbocycles. The Morgan fingerprint density at radius 3 is 2.75 bits per heavy atom. The molecule has 0 saturated heterocycles. The third-order valence-electron chi connectivity index (χ3n) is 3.00. The monoisotopic (exact) mass is 287 g/mol. The quantitative estimate of drug-likeness (QED) is 0.868. The SMILES string of the molecule is Cc1c(N)cccc1S(=O)(=O)Cc1cccnc1C#N. The first-order chi connectivity index (χ1) is 9.45.